The van der Waals surface area contributed by atoms with E-state index in [1.165, 1.54) is 42.5 Å². The van der Waals surface area contributed by atoms with Crippen LogP contribution in [-0.4, -0.2) is 35.5 Å². The third-order valence-corrected chi connectivity index (χ3v) is 6.26. The molecule has 32 heavy (non-hydrogen) atoms. The van der Waals surface area contributed by atoms with E-state index < -0.39 is 27.9 Å². The molecule has 0 radical (unpaired) electrons. The molecule has 1 unspecified atom stereocenters. The Kier molecular flexibility index (Phi) is 5.89. The summed E-state index contributed by atoms with van der Waals surface area (Å²) >= 11 is 0. The molecule has 2 aromatic carbocycles. The summed E-state index contributed by atoms with van der Waals surface area (Å²) < 4.78 is 47.0. The molecule has 1 atom stereocenters. The lowest BCUT2D eigenvalue weighted by atomic mass is 10.1. The van der Waals surface area contributed by atoms with Crippen LogP contribution in [0.2, 0.25) is 0 Å². The highest BCUT2D eigenvalue weighted by Gasteiger charge is 2.26. The van der Waals surface area contributed by atoms with Gasteiger partial charge in [-0.25, -0.2) is 12.8 Å². The van der Waals surface area contributed by atoms with Crippen molar-refractivity contribution in [3.05, 3.63) is 84.6 Å². The molecule has 4 aromatic rings. The second-order valence-electron chi connectivity index (χ2n) is 6.98. The number of benzene rings is 2. The third-order valence-electron chi connectivity index (χ3n) is 4.77. The summed E-state index contributed by atoms with van der Waals surface area (Å²) in [4.78, 5) is 18.5. The SMILES string of the molecule is O=C(O)C(Cc1c[nH]c2ccc(F)cc12)NS(=O)(=O)c1ccc(Oc2ccncc2)cc1. The largest absolute Gasteiger partial charge is 0.480 e. The summed E-state index contributed by atoms with van der Waals surface area (Å²) in [7, 11) is -4.14. The number of aromatic amines is 1. The summed E-state index contributed by atoms with van der Waals surface area (Å²) in [5.41, 5.74) is 1.11. The first-order valence-corrected chi connectivity index (χ1v) is 11.0. The fourth-order valence-electron chi connectivity index (χ4n) is 3.20. The van der Waals surface area contributed by atoms with Crippen molar-refractivity contribution < 1.29 is 27.4 Å². The van der Waals surface area contributed by atoms with Gasteiger partial charge >= 0.3 is 5.97 Å². The van der Waals surface area contributed by atoms with Crippen molar-refractivity contribution in [2.75, 3.05) is 0 Å². The second kappa shape index (κ2) is 8.77. The van der Waals surface area contributed by atoms with Crippen LogP contribution in [0.4, 0.5) is 4.39 Å². The molecule has 10 heteroatoms. The molecule has 0 bridgehead atoms. The highest BCUT2D eigenvalue weighted by Crippen LogP contribution is 2.24. The molecule has 3 N–H and O–H groups in total. The van der Waals surface area contributed by atoms with Crippen LogP contribution in [0.5, 0.6) is 11.5 Å². The summed E-state index contributed by atoms with van der Waals surface area (Å²) in [6.45, 7) is 0. The van der Waals surface area contributed by atoms with Crippen molar-refractivity contribution in [1.29, 1.82) is 0 Å². The van der Waals surface area contributed by atoms with Gasteiger partial charge in [0.1, 0.15) is 23.4 Å². The average molecular weight is 455 g/mol. The summed E-state index contributed by atoms with van der Waals surface area (Å²) in [6, 6.07) is 11.5. The van der Waals surface area contributed by atoms with Crippen molar-refractivity contribution in [2.45, 2.75) is 17.4 Å². The first-order valence-electron chi connectivity index (χ1n) is 9.50. The zero-order valence-corrected chi connectivity index (χ0v) is 17.3. The smallest absolute Gasteiger partial charge is 0.322 e. The number of halogens is 1. The average Bonchev–Trinajstić information content (AvgIpc) is 3.16. The fourth-order valence-corrected chi connectivity index (χ4v) is 4.39. The van der Waals surface area contributed by atoms with E-state index in [0.717, 1.165) is 0 Å². The number of carboxylic acids is 1. The fraction of sp³-hybridized carbons (Fsp3) is 0.0909. The molecular weight excluding hydrogens is 437 g/mol. The molecule has 2 heterocycles. The van der Waals surface area contributed by atoms with Gasteiger partial charge in [0.05, 0.1) is 4.90 Å². The molecule has 0 amide bonds. The number of aromatic nitrogens is 2. The Hall–Kier alpha value is -3.76. The molecule has 0 spiro atoms. The van der Waals surface area contributed by atoms with Gasteiger partial charge in [-0.3, -0.25) is 9.78 Å². The maximum Gasteiger partial charge on any atom is 0.322 e. The molecular formula is C22H18FN3O5S. The number of H-pyrrole nitrogens is 1. The van der Waals surface area contributed by atoms with Crippen LogP contribution >= 0.6 is 0 Å². The van der Waals surface area contributed by atoms with Gasteiger partial charge in [-0.15, -0.1) is 0 Å². The Morgan fingerprint density at radius 3 is 2.47 bits per heavy atom. The number of ether oxygens (including phenoxy) is 1. The molecule has 8 nitrogen and oxygen atoms in total. The van der Waals surface area contributed by atoms with Crippen LogP contribution < -0.4 is 9.46 Å². The number of nitrogens with zero attached hydrogens (tertiary/aromatic N) is 1. The van der Waals surface area contributed by atoms with Gasteiger partial charge < -0.3 is 14.8 Å². The maximum absolute atomic E-state index is 13.6. The van der Waals surface area contributed by atoms with Gasteiger partial charge in [0.15, 0.2) is 0 Å². The number of carboxylic acid groups (broad SMARTS) is 1. The Bertz CT molecular complexity index is 1360. The van der Waals surface area contributed by atoms with E-state index in [-0.39, 0.29) is 11.3 Å². The van der Waals surface area contributed by atoms with Crippen LogP contribution in [0.3, 0.4) is 0 Å². The minimum Gasteiger partial charge on any atom is -0.480 e. The number of nitrogens with one attached hydrogen (secondary N) is 2. The van der Waals surface area contributed by atoms with Crippen LogP contribution in [0, 0.1) is 5.82 Å². The predicted octanol–water partition coefficient (Wildman–Crippen LogP) is 3.47. The number of sulfonamides is 1. The Morgan fingerprint density at radius 2 is 1.78 bits per heavy atom. The Morgan fingerprint density at radius 1 is 1.09 bits per heavy atom. The predicted molar refractivity (Wildman–Crippen MR) is 114 cm³/mol. The quantitative estimate of drug-likeness (QED) is 0.374. The molecule has 0 aliphatic carbocycles. The monoisotopic (exact) mass is 455 g/mol. The van der Waals surface area contributed by atoms with Gasteiger partial charge in [-0.2, -0.15) is 4.72 Å². The van der Waals surface area contributed by atoms with Gasteiger partial charge in [-0.1, -0.05) is 0 Å². The van der Waals surface area contributed by atoms with E-state index in [1.807, 2.05) is 0 Å². The zero-order valence-electron chi connectivity index (χ0n) is 16.5. The molecule has 0 saturated heterocycles. The second-order valence-corrected chi connectivity index (χ2v) is 8.69. The first kappa shape index (κ1) is 21.5. The topological polar surface area (TPSA) is 121 Å². The van der Waals surface area contributed by atoms with E-state index in [4.69, 9.17) is 4.74 Å². The van der Waals surface area contributed by atoms with E-state index >= 15 is 0 Å². The van der Waals surface area contributed by atoms with Gasteiger partial charge in [0.25, 0.3) is 0 Å². The third kappa shape index (κ3) is 4.76. The van der Waals surface area contributed by atoms with Gasteiger partial charge in [0.2, 0.25) is 10.0 Å². The number of pyridine rings is 1. The first-order chi connectivity index (χ1) is 15.3. The van der Waals surface area contributed by atoms with Crippen molar-refractivity contribution >= 4 is 26.9 Å². The van der Waals surface area contributed by atoms with Gasteiger partial charge in [-0.05, 0) is 60.2 Å². The molecule has 0 aliphatic rings. The normalized spacial score (nSPS) is 12.5. The van der Waals surface area contributed by atoms with Crippen LogP contribution in [0.1, 0.15) is 5.56 Å². The highest BCUT2D eigenvalue weighted by molar-refractivity contribution is 7.89. The van der Waals surface area contributed by atoms with E-state index in [9.17, 15) is 22.7 Å². The zero-order chi connectivity index (χ0) is 22.7. The number of aliphatic carboxylic acids is 1. The number of hydrogen-bond donors (Lipinski definition) is 3. The van der Waals surface area contributed by atoms with Crippen molar-refractivity contribution in [3.63, 3.8) is 0 Å². The minimum absolute atomic E-state index is 0.115. The summed E-state index contributed by atoms with van der Waals surface area (Å²) in [5.74, 6) is -0.877. The Labute approximate surface area is 182 Å². The lowest BCUT2D eigenvalue weighted by Crippen LogP contribution is -2.42. The molecule has 2 aromatic heterocycles. The van der Waals surface area contributed by atoms with Crippen LogP contribution in [0.15, 0.2) is 78.1 Å². The summed E-state index contributed by atoms with van der Waals surface area (Å²) in [5, 5.41) is 10.1. The van der Waals surface area contributed by atoms with Crippen molar-refractivity contribution in [1.82, 2.24) is 14.7 Å². The van der Waals surface area contributed by atoms with E-state index in [0.29, 0.717) is 28.0 Å². The van der Waals surface area contributed by atoms with Crippen LogP contribution in [0.25, 0.3) is 10.9 Å². The molecule has 164 valence electrons. The number of fused-ring (bicyclic) bond motifs is 1. The highest BCUT2D eigenvalue weighted by atomic mass is 32.2. The minimum atomic E-state index is -4.14. The molecule has 0 fully saturated rings. The van der Waals surface area contributed by atoms with Gasteiger partial charge in [0, 0.05) is 35.9 Å². The van der Waals surface area contributed by atoms with Crippen molar-refractivity contribution in [3.8, 4) is 11.5 Å². The lowest BCUT2D eigenvalue weighted by molar-refractivity contribution is -0.138. The van der Waals surface area contributed by atoms with Crippen molar-refractivity contribution in [2.24, 2.45) is 0 Å². The maximum atomic E-state index is 13.6. The lowest BCUT2D eigenvalue weighted by Gasteiger charge is -2.15. The van der Waals surface area contributed by atoms with E-state index in [1.54, 1.807) is 30.7 Å². The Balaban J connectivity index is 1.52. The molecule has 4 rings (SSSR count). The molecule has 0 saturated carbocycles. The van der Waals surface area contributed by atoms with E-state index in [2.05, 4.69) is 14.7 Å². The number of carbonyl (C=O) groups is 1. The van der Waals surface area contributed by atoms with Crippen LogP contribution in [-0.2, 0) is 21.2 Å². The number of hydrogen-bond acceptors (Lipinski definition) is 5. The summed E-state index contributed by atoms with van der Waals surface area (Å²) in [6.07, 6.45) is 4.50. The number of rotatable bonds is 8. The molecule has 0 aliphatic heterocycles. The standard InChI is InChI=1S/C22H18FN3O5S/c23-15-1-6-20-19(12-15)14(13-25-20)11-21(22(27)28)26-32(29,30)18-4-2-16(3-5-18)31-17-7-9-24-10-8-17/h1-10,12-13,21,25-26H,11H2,(H,27,28).